The Morgan fingerprint density at radius 2 is 1.77 bits per heavy atom. The van der Waals surface area contributed by atoms with Crippen LogP contribution in [0.5, 0.6) is 5.75 Å². The van der Waals surface area contributed by atoms with Gasteiger partial charge in [0.2, 0.25) is 0 Å². The highest BCUT2D eigenvalue weighted by molar-refractivity contribution is 6.33. The summed E-state index contributed by atoms with van der Waals surface area (Å²) in [6, 6.07) is 10.4. The average molecular weight is 441 g/mol. The van der Waals surface area contributed by atoms with Crippen LogP contribution in [0.25, 0.3) is 0 Å². The summed E-state index contributed by atoms with van der Waals surface area (Å²) in [5.41, 5.74) is -0.00873. The Balaban J connectivity index is 1.49. The third-order valence-electron chi connectivity index (χ3n) is 5.41. The zero-order chi connectivity index (χ0) is 21.7. The molecule has 2 aromatic carbocycles. The Morgan fingerprint density at radius 3 is 2.37 bits per heavy atom. The fourth-order valence-electron chi connectivity index (χ4n) is 3.62. The SMILES string of the molecule is COc1ccc(NCC2CCC(NC(=O)c3cc(C(F)(F)F)ccc3Cl)CC2)cc1. The van der Waals surface area contributed by atoms with E-state index in [4.69, 9.17) is 16.3 Å². The standard InChI is InChI=1S/C22H24ClF3N2O2/c1-30-18-9-7-16(8-10-18)27-13-14-2-5-17(6-3-14)28-21(29)19-12-15(22(24,25)26)4-11-20(19)23/h4,7-12,14,17,27H,2-3,5-6,13H2,1H3,(H,28,29). The van der Waals surface area contributed by atoms with Crippen molar-refractivity contribution in [1.82, 2.24) is 5.32 Å². The number of hydrogen-bond donors (Lipinski definition) is 2. The summed E-state index contributed by atoms with van der Waals surface area (Å²) in [7, 11) is 1.63. The summed E-state index contributed by atoms with van der Waals surface area (Å²) < 4.78 is 43.9. The van der Waals surface area contributed by atoms with E-state index in [1.807, 2.05) is 24.3 Å². The van der Waals surface area contributed by atoms with Gasteiger partial charge < -0.3 is 15.4 Å². The first kappa shape index (κ1) is 22.3. The molecule has 30 heavy (non-hydrogen) atoms. The largest absolute Gasteiger partial charge is 0.497 e. The first-order chi connectivity index (χ1) is 14.3. The summed E-state index contributed by atoms with van der Waals surface area (Å²) in [6.45, 7) is 0.826. The predicted molar refractivity (Wildman–Crippen MR) is 111 cm³/mol. The third-order valence-corrected chi connectivity index (χ3v) is 5.73. The summed E-state index contributed by atoms with van der Waals surface area (Å²) in [6.07, 6.45) is -1.13. The van der Waals surface area contributed by atoms with Crippen LogP contribution in [-0.4, -0.2) is 25.6 Å². The van der Waals surface area contributed by atoms with Gasteiger partial charge >= 0.3 is 6.18 Å². The molecule has 2 aromatic rings. The number of hydrogen-bond acceptors (Lipinski definition) is 3. The molecule has 0 radical (unpaired) electrons. The zero-order valence-electron chi connectivity index (χ0n) is 16.6. The van der Waals surface area contributed by atoms with Crippen LogP contribution in [0.3, 0.4) is 0 Å². The molecule has 162 valence electrons. The second-order valence-electron chi connectivity index (χ2n) is 7.49. The van der Waals surface area contributed by atoms with Gasteiger partial charge in [-0.2, -0.15) is 13.2 Å². The van der Waals surface area contributed by atoms with Gasteiger partial charge in [0.15, 0.2) is 0 Å². The molecule has 1 saturated carbocycles. The van der Waals surface area contributed by atoms with Crippen LogP contribution >= 0.6 is 11.6 Å². The van der Waals surface area contributed by atoms with Gasteiger partial charge in [-0.3, -0.25) is 4.79 Å². The van der Waals surface area contributed by atoms with Crippen molar-refractivity contribution in [1.29, 1.82) is 0 Å². The average Bonchev–Trinajstić information content (AvgIpc) is 2.73. The maximum atomic E-state index is 12.9. The van der Waals surface area contributed by atoms with Crippen LogP contribution in [0.4, 0.5) is 18.9 Å². The molecule has 2 N–H and O–H groups in total. The molecule has 0 aromatic heterocycles. The number of rotatable bonds is 6. The molecule has 0 atom stereocenters. The van der Waals surface area contributed by atoms with E-state index in [1.54, 1.807) is 7.11 Å². The number of carbonyl (C=O) groups is 1. The smallest absolute Gasteiger partial charge is 0.416 e. The number of benzene rings is 2. The van der Waals surface area contributed by atoms with Crippen molar-refractivity contribution in [3.63, 3.8) is 0 Å². The number of methoxy groups -OCH3 is 1. The van der Waals surface area contributed by atoms with Crippen molar-refractivity contribution < 1.29 is 22.7 Å². The van der Waals surface area contributed by atoms with E-state index < -0.39 is 17.6 Å². The molecule has 1 amide bonds. The molecule has 1 aliphatic rings. The molecule has 0 bridgehead atoms. The van der Waals surface area contributed by atoms with Crippen molar-refractivity contribution in [2.45, 2.75) is 37.9 Å². The third kappa shape index (κ3) is 5.81. The lowest BCUT2D eigenvalue weighted by Crippen LogP contribution is -2.38. The Labute approximate surface area is 178 Å². The van der Waals surface area contributed by atoms with E-state index in [-0.39, 0.29) is 16.6 Å². The van der Waals surface area contributed by atoms with Gasteiger partial charge in [-0.15, -0.1) is 0 Å². The number of anilines is 1. The molecule has 0 spiro atoms. The minimum absolute atomic E-state index is 0.0119. The monoisotopic (exact) mass is 440 g/mol. The van der Waals surface area contributed by atoms with Crippen LogP contribution in [0, 0.1) is 5.92 Å². The van der Waals surface area contributed by atoms with Crippen LogP contribution in [0.1, 0.15) is 41.6 Å². The van der Waals surface area contributed by atoms with Gasteiger partial charge in [-0.05, 0) is 74.1 Å². The molecule has 1 aliphatic carbocycles. The molecule has 1 fully saturated rings. The van der Waals surface area contributed by atoms with Crippen molar-refractivity contribution in [3.8, 4) is 5.75 Å². The van der Waals surface area contributed by atoms with Crippen molar-refractivity contribution in [3.05, 3.63) is 58.6 Å². The fourth-order valence-corrected chi connectivity index (χ4v) is 3.82. The summed E-state index contributed by atoms with van der Waals surface area (Å²) in [4.78, 5) is 12.5. The van der Waals surface area contributed by atoms with E-state index in [9.17, 15) is 18.0 Å². The predicted octanol–water partition coefficient (Wildman–Crippen LogP) is 5.77. The maximum absolute atomic E-state index is 12.9. The van der Waals surface area contributed by atoms with Gasteiger partial charge in [-0.25, -0.2) is 0 Å². The van der Waals surface area contributed by atoms with Gasteiger partial charge in [-0.1, -0.05) is 11.6 Å². The molecule has 0 aliphatic heterocycles. The number of alkyl halides is 3. The van der Waals surface area contributed by atoms with E-state index in [1.165, 1.54) is 0 Å². The highest BCUT2D eigenvalue weighted by Gasteiger charge is 2.32. The quantitative estimate of drug-likeness (QED) is 0.599. The van der Waals surface area contributed by atoms with Gasteiger partial charge in [0, 0.05) is 18.3 Å². The summed E-state index contributed by atoms with van der Waals surface area (Å²) >= 11 is 5.96. The lowest BCUT2D eigenvalue weighted by molar-refractivity contribution is -0.137. The summed E-state index contributed by atoms with van der Waals surface area (Å²) in [5, 5.41) is 6.26. The number of amides is 1. The Hall–Kier alpha value is -2.41. The molecule has 4 nitrogen and oxygen atoms in total. The molecule has 0 heterocycles. The topological polar surface area (TPSA) is 50.4 Å². The van der Waals surface area contributed by atoms with Crippen molar-refractivity contribution in [2.75, 3.05) is 19.0 Å². The molecule has 0 unspecified atom stereocenters. The van der Waals surface area contributed by atoms with Gasteiger partial charge in [0.05, 0.1) is 23.3 Å². The number of carbonyl (C=O) groups excluding carboxylic acids is 1. The highest BCUT2D eigenvalue weighted by atomic mass is 35.5. The Bertz CT molecular complexity index is 864. The van der Waals surface area contributed by atoms with Crippen molar-refractivity contribution in [2.24, 2.45) is 5.92 Å². The number of nitrogens with one attached hydrogen (secondary N) is 2. The van der Waals surface area contributed by atoms with E-state index in [0.717, 1.165) is 61.9 Å². The first-order valence-electron chi connectivity index (χ1n) is 9.82. The van der Waals surface area contributed by atoms with Crippen LogP contribution in [0.2, 0.25) is 5.02 Å². The van der Waals surface area contributed by atoms with Gasteiger partial charge in [0.25, 0.3) is 5.91 Å². The summed E-state index contributed by atoms with van der Waals surface area (Å²) in [5.74, 6) is 0.709. The Kier molecular flexibility index (Phi) is 7.13. The lowest BCUT2D eigenvalue weighted by Gasteiger charge is -2.29. The normalized spacial score (nSPS) is 19.2. The highest BCUT2D eigenvalue weighted by Crippen LogP contribution is 2.32. The molecule has 3 rings (SSSR count). The van der Waals surface area contributed by atoms with Crippen LogP contribution in [-0.2, 0) is 6.18 Å². The number of halogens is 4. The first-order valence-corrected chi connectivity index (χ1v) is 10.2. The molecular weight excluding hydrogens is 417 g/mol. The fraction of sp³-hybridized carbons (Fsp3) is 0.409. The van der Waals surface area contributed by atoms with Crippen molar-refractivity contribution >= 4 is 23.2 Å². The van der Waals surface area contributed by atoms with Crippen LogP contribution in [0.15, 0.2) is 42.5 Å². The molecule has 0 saturated heterocycles. The maximum Gasteiger partial charge on any atom is 0.416 e. The molecule has 8 heteroatoms. The van der Waals surface area contributed by atoms with E-state index in [2.05, 4.69) is 10.6 Å². The molecular formula is C22H24ClF3N2O2. The van der Waals surface area contributed by atoms with E-state index >= 15 is 0 Å². The minimum Gasteiger partial charge on any atom is -0.497 e. The Morgan fingerprint density at radius 1 is 1.10 bits per heavy atom. The second-order valence-corrected chi connectivity index (χ2v) is 7.90. The van der Waals surface area contributed by atoms with Crippen LogP contribution < -0.4 is 15.4 Å². The minimum atomic E-state index is -4.52. The zero-order valence-corrected chi connectivity index (χ0v) is 17.3. The van der Waals surface area contributed by atoms with E-state index in [0.29, 0.717) is 5.92 Å². The lowest BCUT2D eigenvalue weighted by atomic mass is 9.86. The van der Waals surface area contributed by atoms with Gasteiger partial charge in [0.1, 0.15) is 5.75 Å². The number of ether oxygens (including phenoxy) is 1. The second kappa shape index (κ2) is 9.60.